The van der Waals surface area contributed by atoms with Gasteiger partial charge in [0.2, 0.25) is 0 Å². The van der Waals surface area contributed by atoms with E-state index >= 15 is 0 Å². The van der Waals surface area contributed by atoms with E-state index in [0.29, 0.717) is 10.2 Å². The average molecular weight is 386 g/mol. The van der Waals surface area contributed by atoms with Gasteiger partial charge in [-0.25, -0.2) is 0 Å². The molecule has 0 spiro atoms. The van der Waals surface area contributed by atoms with Gasteiger partial charge >= 0.3 is 0 Å². The molecule has 1 heterocycles. The summed E-state index contributed by atoms with van der Waals surface area (Å²) < 4.78 is 6.06. The van der Waals surface area contributed by atoms with Gasteiger partial charge in [-0.05, 0) is 12.1 Å². The van der Waals surface area contributed by atoms with Crippen molar-refractivity contribution in [3.8, 4) is 5.75 Å². The molecule has 1 amide bonds. The second-order valence-corrected chi connectivity index (χ2v) is 5.11. The molecular weight excluding hydrogens is 371 g/mol. The molecule has 0 fully saturated rings. The van der Waals surface area contributed by atoms with Crippen LogP contribution in [0.25, 0.3) is 10.9 Å². The number of nitrogens with one attached hydrogen (secondary N) is 1. The van der Waals surface area contributed by atoms with Gasteiger partial charge in [0.25, 0.3) is 5.91 Å². The molecular formula is C14H15IN2O3. The van der Waals surface area contributed by atoms with E-state index in [1.807, 2.05) is 24.3 Å². The number of aliphatic hydroxyl groups excluding tert-OH is 1. The number of hydrogen-bond acceptors (Lipinski definition) is 4. The first-order valence-corrected chi connectivity index (χ1v) is 7.70. The number of aliphatic hydroxyl groups is 1. The molecule has 0 radical (unpaired) electrons. The zero-order valence-corrected chi connectivity index (χ0v) is 12.9. The van der Waals surface area contributed by atoms with E-state index in [1.54, 1.807) is 12.3 Å². The molecule has 1 aromatic heterocycles. The Bertz CT molecular complexity index is 586. The van der Waals surface area contributed by atoms with Crippen LogP contribution < -0.4 is 10.1 Å². The standard InChI is InChI=1S/C14H15IN2O3/c15-7-11(18)8-17-13(19)9-20-12-5-1-3-10-4-2-6-16-14(10)12/h1-6,11,18H,7-9H2,(H,17,19). The number of alkyl halides is 1. The van der Waals surface area contributed by atoms with Crippen LogP contribution in [0, 0.1) is 0 Å². The lowest BCUT2D eigenvalue weighted by Crippen LogP contribution is -2.35. The summed E-state index contributed by atoms with van der Waals surface area (Å²) in [4.78, 5) is 15.9. The highest BCUT2D eigenvalue weighted by Gasteiger charge is 2.08. The summed E-state index contributed by atoms with van der Waals surface area (Å²) in [5.41, 5.74) is 0.732. The van der Waals surface area contributed by atoms with E-state index < -0.39 is 6.10 Å². The number of carbonyl (C=O) groups is 1. The van der Waals surface area contributed by atoms with Gasteiger partial charge in [-0.3, -0.25) is 9.78 Å². The number of fused-ring (bicyclic) bond motifs is 1. The molecule has 2 aromatic rings. The summed E-state index contributed by atoms with van der Waals surface area (Å²) in [6, 6.07) is 9.36. The van der Waals surface area contributed by atoms with Crippen LogP contribution in [0.2, 0.25) is 0 Å². The number of benzene rings is 1. The number of ether oxygens (including phenoxy) is 1. The Labute approximate surface area is 130 Å². The summed E-state index contributed by atoms with van der Waals surface area (Å²) in [5.74, 6) is 0.314. The lowest BCUT2D eigenvalue weighted by atomic mass is 10.2. The highest BCUT2D eigenvalue weighted by Crippen LogP contribution is 2.22. The number of pyridine rings is 1. The summed E-state index contributed by atoms with van der Waals surface area (Å²) in [7, 11) is 0. The Morgan fingerprint density at radius 2 is 2.20 bits per heavy atom. The SMILES string of the molecule is O=C(COc1cccc2cccnc12)NCC(O)CI. The molecule has 0 bridgehead atoms. The zero-order valence-electron chi connectivity index (χ0n) is 10.8. The summed E-state index contributed by atoms with van der Waals surface area (Å²) in [5, 5.41) is 12.9. The highest BCUT2D eigenvalue weighted by molar-refractivity contribution is 14.1. The average Bonchev–Trinajstić information content (AvgIpc) is 2.50. The lowest BCUT2D eigenvalue weighted by molar-refractivity contribution is -0.123. The van der Waals surface area contributed by atoms with Crippen molar-refractivity contribution in [1.29, 1.82) is 0 Å². The lowest BCUT2D eigenvalue weighted by Gasteiger charge is -2.10. The van der Waals surface area contributed by atoms with Crippen molar-refractivity contribution >= 4 is 39.4 Å². The molecule has 1 aromatic carbocycles. The molecule has 1 atom stereocenters. The van der Waals surface area contributed by atoms with Crippen LogP contribution in [-0.4, -0.2) is 39.7 Å². The number of carbonyl (C=O) groups excluding carboxylic acids is 1. The summed E-state index contributed by atoms with van der Waals surface area (Å²) in [6.07, 6.45) is 1.16. The maximum atomic E-state index is 11.6. The number of nitrogens with zero attached hydrogens (tertiary/aromatic N) is 1. The molecule has 6 heteroatoms. The van der Waals surface area contributed by atoms with Gasteiger partial charge in [-0.2, -0.15) is 0 Å². The Balaban J connectivity index is 1.94. The van der Waals surface area contributed by atoms with Crippen LogP contribution in [0.4, 0.5) is 0 Å². The molecule has 0 aliphatic rings. The molecule has 106 valence electrons. The number of rotatable bonds is 6. The fourth-order valence-electron chi connectivity index (χ4n) is 1.67. The van der Waals surface area contributed by atoms with Crippen molar-refractivity contribution in [3.63, 3.8) is 0 Å². The van der Waals surface area contributed by atoms with E-state index in [9.17, 15) is 9.90 Å². The molecule has 0 saturated heterocycles. The van der Waals surface area contributed by atoms with Crippen molar-refractivity contribution in [2.75, 3.05) is 17.6 Å². The van der Waals surface area contributed by atoms with Crippen LogP contribution in [0.3, 0.4) is 0 Å². The first-order chi connectivity index (χ1) is 9.70. The van der Waals surface area contributed by atoms with Gasteiger partial charge in [0.15, 0.2) is 6.61 Å². The molecule has 2 rings (SSSR count). The van der Waals surface area contributed by atoms with Crippen molar-refractivity contribution in [2.24, 2.45) is 0 Å². The monoisotopic (exact) mass is 386 g/mol. The Kier molecular flexibility index (Phi) is 5.54. The van der Waals surface area contributed by atoms with Gasteiger partial charge in [0.1, 0.15) is 11.3 Å². The van der Waals surface area contributed by atoms with E-state index in [0.717, 1.165) is 10.9 Å². The maximum absolute atomic E-state index is 11.6. The third-order valence-corrected chi connectivity index (χ3v) is 3.68. The smallest absolute Gasteiger partial charge is 0.258 e. The second-order valence-electron chi connectivity index (χ2n) is 4.23. The van der Waals surface area contributed by atoms with Crippen LogP contribution >= 0.6 is 22.6 Å². The van der Waals surface area contributed by atoms with Crippen LogP contribution in [0.15, 0.2) is 36.5 Å². The second kappa shape index (κ2) is 7.39. The number of hydrogen-bond donors (Lipinski definition) is 2. The topological polar surface area (TPSA) is 71.5 Å². The quantitative estimate of drug-likeness (QED) is 0.584. The van der Waals surface area contributed by atoms with Crippen molar-refractivity contribution in [2.45, 2.75) is 6.10 Å². The van der Waals surface area contributed by atoms with Crippen molar-refractivity contribution in [3.05, 3.63) is 36.5 Å². The van der Waals surface area contributed by atoms with Gasteiger partial charge in [-0.15, -0.1) is 0 Å². The third kappa shape index (κ3) is 4.04. The van der Waals surface area contributed by atoms with Gasteiger partial charge in [0, 0.05) is 22.6 Å². The van der Waals surface area contributed by atoms with E-state index in [-0.39, 0.29) is 19.1 Å². The summed E-state index contributed by atoms with van der Waals surface area (Å²) in [6.45, 7) is 0.141. The normalized spacial score (nSPS) is 12.1. The molecule has 20 heavy (non-hydrogen) atoms. The summed E-state index contributed by atoms with van der Waals surface area (Å²) >= 11 is 2.06. The van der Waals surface area contributed by atoms with Crippen molar-refractivity contribution in [1.82, 2.24) is 10.3 Å². The largest absolute Gasteiger partial charge is 0.481 e. The third-order valence-electron chi connectivity index (χ3n) is 2.67. The van der Waals surface area contributed by atoms with Crippen LogP contribution in [-0.2, 0) is 4.79 Å². The minimum atomic E-state index is -0.529. The minimum absolute atomic E-state index is 0.0936. The Morgan fingerprint density at radius 1 is 1.40 bits per heavy atom. The molecule has 0 aliphatic carbocycles. The highest BCUT2D eigenvalue weighted by atomic mass is 127. The van der Waals surface area contributed by atoms with E-state index in [1.165, 1.54) is 0 Å². The Hall–Kier alpha value is -1.41. The van der Waals surface area contributed by atoms with Gasteiger partial charge in [-0.1, -0.05) is 40.8 Å². The number of aromatic nitrogens is 1. The number of amides is 1. The van der Waals surface area contributed by atoms with E-state index in [2.05, 4.69) is 32.9 Å². The maximum Gasteiger partial charge on any atom is 0.258 e. The first-order valence-electron chi connectivity index (χ1n) is 6.18. The van der Waals surface area contributed by atoms with Crippen molar-refractivity contribution < 1.29 is 14.6 Å². The molecule has 1 unspecified atom stereocenters. The van der Waals surface area contributed by atoms with Gasteiger partial charge < -0.3 is 15.2 Å². The van der Waals surface area contributed by atoms with Crippen LogP contribution in [0.1, 0.15) is 0 Å². The molecule has 0 saturated carbocycles. The number of para-hydroxylation sites is 1. The Morgan fingerprint density at radius 3 is 3.00 bits per heavy atom. The fraction of sp³-hybridized carbons (Fsp3) is 0.286. The molecule has 5 nitrogen and oxygen atoms in total. The van der Waals surface area contributed by atoms with E-state index in [4.69, 9.17) is 4.74 Å². The zero-order chi connectivity index (χ0) is 14.4. The van der Waals surface area contributed by atoms with Gasteiger partial charge in [0.05, 0.1) is 6.10 Å². The van der Waals surface area contributed by atoms with Crippen LogP contribution in [0.5, 0.6) is 5.75 Å². The predicted octanol–water partition coefficient (Wildman–Crippen LogP) is 1.53. The first kappa shape index (κ1) is 15.0. The molecule has 2 N–H and O–H groups in total. The predicted molar refractivity (Wildman–Crippen MR) is 85.1 cm³/mol. The number of halogens is 1. The minimum Gasteiger partial charge on any atom is -0.481 e. The fourth-order valence-corrected chi connectivity index (χ4v) is 1.98. The molecule has 0 aliphatic heterocycles.